The zero-order valence-electron chi connectivity index (χ0n) is 16.3. The molecule has 2 aromatic rings. The van der Waals surface area contributed by atoms with Crippen molar-refractivity contribution in [2.24, 2.45) is 0 Å². The first-order valence-corrected chi connectivity index (χ1v) is 10.4. The van der Waals surface area contributed by atoms with Gasteiger partial charge in [-0.1, -0.05) is 0 Å². The fraction of sp³-hybridized carbons (Fsp3) is 0.368. The molecule has 1 atom stereocenters. The molecule has 4 N–H and O–H groups in total. The molecular formula is C19H24NO8P. The lowest BCUT2D eigenvalue weighted by Crippen LogP contribution is -2.31. The maximum absolute atomic E-state index is 11.2. The Morgan fingerprint density at radius 3 is 2.24 bits per heavy atom. The van der Waals surface area contributed by atoms with Crippen LogP contribution in [0.15, 0.2) is 24.3 Å². The SMILES string of the molecule is COc1cc(CC2NCCc3cc(O)c(OP(=O)(O)O)cc32)cc(OC)c1OC. The van der Waals surface area contributed by atoms with Crippen molar-refractivity contribution in [3.05, 3.63) is 41.0 Å². The molecule has 3 rings (SSSR count). The Hall–Kier alpha value is -2.45. The highest BCUT2D eigenvalue weighted by atomic mass is 31.2. The third-order valence-electron chi connectivity index (χ3n) is 4.76. The first-order valence-electron chi connectivity index (χ1n) is 8.89. The normalized spacial score (nSPS) is 16.1. The minimum Gasteiger partial charge on any atom is -0.504 e. The summed E-state index contributed by atoms with van der Waals surface area (Å²) in [6.07, 6.45) is 1.22. The molecule has 158 valence electrons. The van der Waals surface area contributed by atoms with Gasteiger partial charge in [-0.25, -0.2) is 4.57 Å². The van der Waals surface area contributed by atoms with Crippen LogP contribution in [0.2, 0.25) is 0 Å². The van der Waals surface area contributed by atoms with Crippen molar-refractivity contribution >= 4 is 7.82 Å². The Balaban J connectivity index is 1.97. The van der Waals surface area contributed by atoms with Crippen LogP contribution in [0.25, 0.3) is 0 Å². The summed E-state index contributed by atoms with van der Waals surface area (Å²) < 4.78 is 32.0. The Morgan fingerprint density at radius 1 is 1.03 bits per heavy atom. The molecule has 10 heteroatoms. The van der Waals surface area contributed by atoms with Crippen LogP contribution in [0.1, 0.15) is 22.7 Å². The van der Waals surface area contributed by atoms with Crippen LogP contribution in [-0.2, 0) is 17.4 Å². The third kappa shape index (κ3) is 4.76. The summed E-state index contributed by atoms with van der Waals surface area (Å²) in [5.74, 6) is 1.01. The molecule has 0 amide bonds. The predicted octanol–water partition coefficient (Wildman–Crippen LogP) is 2.32. The fourth-order valence-corrected chi connectivity index (χ4v) is 3.93. The largest absolute Gasteiger partial charge is 0.524 e. The van der Waals surface area contributed by atoms with Crippen LogP contribution < -0.4 is 24.1 Å². The van der Waals surface area contributed by atoms with E-state index >= 15 is 0 Å². The number of phenols is 1. The lowest BCUT2D eigenvalue weighted by atomic mass is 9.89. The lowest BCUT2D eigenvalue weighted by Gasteiger charge is -2.28. The number of rotatable bonds is 7. The monoisotopic (exact) mass is 425 g/mol. The number of nitrogens with one attached hydrogen (secondary N) is 1. The Kier molecular flexibility index (Phi) is 6.24. The zero-order valence-corrected chi connectivity index (χ0v) is 17.2. The van der Waals surface area contributed by atoms with E-state index in [-0.39, 0.29) is 17.5 Å². The van der Waals surface area contributed by atoms with Gasteiger partial charge in [0.2, 0.25) is 5.75 Å². The average molecular weight is 425 g/mol. The van der Waals surface area contributed by atoms with Crippen molar-refractivity contribution in [2.45, 2.75) is 18.9 Å². The third-order valence-corrected chi connectivity index (χ3v) is 5.20. The van der Waals surface area contributed by atoms with Crippen molar-refractivity contribution in [1.29, 1.82) is 0 Å². The van der Waals surface area contributed by atoms with Crippen molar-refractivity contribution in [3.63, 3.8) is 0 Å². The highest BCUT2D eigenvalue weighted by molar-refractivity contribution is 7.46. The fourth-order valence-electron chi connectivity index (χ4n) is 3.53. The van der Waals surface area contributed by atoms with Gasteiger partial charge in [-0.3, -0.25) is 9.79 Å². The molecule has 0 aliphatic carbocycles. The number of phosphoric ester groups is 1. The summed E-state index contributed by atoms with van der Waals surface area (Å²) in [6.45, 7) is 0.695. The number of fused-ring (bicyclic) bond motifs is 1. The maximum atomic E-state index is 11.2. The van der Waals surface area contributed by atoms with E-state index in [1.54, 1.807) is 14.2 Å². The van der Waals surface area contributed by atoms with Gasteiger partial charge in [0.1, 0.15) is 0 Å². The van der Waals surface area contributed by atoms with Gasteiger partial charge in [-0.15, -0.1) is 0 Å². The highest BCUT2D eigenvalue weighted by Gasteiger charge is 2.26. The molecule has 0 aromatic heterocycles. The molecule has 1 heterocycles. The van der Waals surface area contributed by atoms with E-state index in [0.29, 0.717) is 36.6 Å². The van der Waals surface area contributed by atoms with Crippen molar-refractivity contribution in [2.75, 3.05) is 27.9 Å². The topological polar surface area (TPSA) is 127 Å². The molecule has 0 fully saturated rings. The molecule has 0 bridgehead atoms. The Morgan fingerprint density at radius 2 is 1.69 bits per heavy atom. The second-order valence-electron chi connectivity index (χ2n) is 6.60. The van der Waals surface area contributed by atoms with E-state index in [4.69, 9.17) is 24.0 Å². The average Bonchev–Trinajstić information content (AvgIpc) is 2.67. The predicted molar refractivity (Wildman–Crippen MR) is 105 cm³/mol. The molecule has 0 saturated carbocycles. The van der Waals surface area contributed by atoms with Gasteiger partial charge in [0.05, 0.1) is 21.3 Å². The molecule has 1 aliphatic rings. The summed E-state index contributed by atoms with van der Waals surface area (Å²) in [5, 5.41) is 13.5. The van der Waals surface area contributed by atoms with Crippen molar-refractivity contribution in [1.82, 2.24) is 5.32 Å². The first kappa shape index (κ1) is 21.3. The van der Waals surface area contributed by atoms with Gasteiger partial charge >= 0.3 is 7.82 Å². The molecule has 2 aromatic carbocycles. The second-order valence-corrected chi connectivity index (χ2v) is 7.76. The summed E-state index contributed by atoms with van der Waals surface area (Å²) >= 11 is 0. The smallest absolute Gasteiger partial charge is 0.504 e. The Bertz CT molecular complexity index is 917. The van der Waals surface area contributed by atoms with Crippen molar-refractivity contribution in [3.8, 4) is 28.7 Å². The standard InChI is InChI=1S/C19H24NO8P/c1-25-17-7-11(8-18(26-2)19(17)27-3)6-14-13-10-16(28-29(22,23)24)15(21)9-12(13)4-5-20-14/h7-10,14,20-21H,4-6H2,1-3H3,(H2,22,23,24). The van der Waals surface area contributed by atoms with Crippen LogP contribution >= 0.6 is 7.82 Å². The number of hydrogen-bond donors (Lipinski definition) is 4. The minimum absolute atomic E-state index is 0.165. The van der Waals surface area contributed by atoms with E-state index in [1.807, 2.05) is 12.1 Å². The van der Waals surface area contributed by atoms with Gasteiger partial charge in [-0.05, 0) is 60.3 Å². The van der Waals surface area contributed by atoms with E-state index in [2.05, 4.69) is 9.84 Å². The Labute approximate surface area is 168 Å². The zero-order chi connectivity index (χ0) is 21.2. The van der Waals surface area contributed by atoms with Gasteiger partial charge < -0.3 is 29.2 Å². The molecular weight excluding hydrogens is 401 g/mol. The quantitative estimate of drug-likeness (QED) is 0.494. The molecule has 29 heavy (non-hydrogen) atoms. The minimum atomic E-state index is -4.79. The van der Waals surface area contributed by atoms with E-state index in [9.17, 15) is 9.67 Å². The number of phosphoric acid groups is 1. The lowest BCUT2D eigenvalue weighted by molar-refractivity contribution is 0.277. The summed E-state index contributed by atoms with van der Waals surface area (Å²) in [4.78, 5) is 18.2. The maximum Gasteiger partial charge on any atom is 0.524 e. The van der Waals surface area contributed by atoms with Crippen LogP contribution in [0.3, 0.4) is 0 Å². The highest BCUT2D eigenvalue weighted by Crippen LogP contribution is 2.45. The van der Waals surface area contributed by atoms with Gasteiger partial charge in [0, 0.05) is 6.04 Å². The first-order chi connectivity index (χ1) is 13.8. The molecule has 9 nitrogen and oxygen atoms in total. The van der Waals surface area contributed by atoms with Crippen molar-refractivity contribution < 1.29 is 38.2 Å². The van der Waals surface area contributed by atoms with Crippen LogP contribution in [0, 0.1) is 0 Å². The van der Waals surface area contributed by atoms with E-state index in [0.717, 1.165) is 16.7 Å². The van der Waals surface area contributed by atoms with Crippen LogP contribution in [-0.4, -0.2) is 42.8 Å². The number of aromatic hydroxyl groups is 1. The number of benzene rings is 2. The number of phenolic OH excluding ortho intramolecular Hbond substituents is 1. The van der Waals surface area contributed by atoms with Gasteiger partial charge in [0.15, 0.2) is 23.0 Å². The van der Waals surface area contributed by atoms with E-state index < -0.39 is 7.82 Å². The molecule has 0 saturated heterocycles. The van der Waals surface area contributed by atoms with Crippen LogP contribution in [0.5, 0.6) is 28.7 Å². The number of methoxy groups -OCH3 is 3. The van der Waals surface area contributed by atoms with Gasteiger partial charge in [-0.2, -0.15) is 0 Å². The molecule has 0 spiro atoms. The molecule has 0 radical (unpaired) electrons. The summed E-state index contributed by atoms with van der Waals surface area (Å²) in [6, 6.07) is 6.50. The van der Waals surface area contributed by atoms with Gasteiger partial charge in [0.25, 0.3) is 0 Å². The summed E-state index contributed by atoms with van der Waals surface area (Å²) in [7, 11) is -0.168. The second kappa shape index (κ2) is 8.51. The number of ether oxygens (including phenoxy) is 3. The van der Waals surface area contributed by atoms with Crippen LogP contribution in [0.4, 0.5) is 0 Å². The number of hydrogen-bond acceptors (Lipinski definition) is 7. The molecule has 1 unspecified atom stereocenters. The van der Waals surface area contributed by atoms with E-state index in [1.165, 1.54) is 19.2 Å². The summed E-state index contributed by atoms with van der Waals surface area (Å²) in [5.41, 5.74) is 2.60. The molecule has 1 aliphatic heterocycles.